The number of imide groups is 1. The molecule has 1 saturated heterocycles. The molecule has 0 aliphatic carbocycles. The molecule has 1 fully saturated rings. The fourth-order valence-electron chi connectivity index (χ4n) is 2.82. The number of hydrogen-bond acceptors (Lipinski definition) is 6. The van der Waals surface area contributed by atoms with Crippen LogP contribution in [0.3, 0.4) is 0 Å². The second-order valence-corrected chi connectivity index (χ2v) is 7.31. The number of ether oxygens (including phenoxy) is 1. The molecule has 1 aliphatic heterocycles. The lowest BCUT2D eigenvalue weighted by Gasteiger charge is -2.16. The molecule has 0 bridgehead atoms. The van der Waals surface area contributed by atoms with Gasteiger partial charge in [0, 0.05) is 25.2 Å². The average Bonchev–Trinajstić information content (AvgIpc) is 3.00. The number of thioether (sulfide) groups is 1. The molecule has 1 heterocycles. The van der Waals surface area contributed by atoms with Gasteiger partial charge in [0.05, 0.1) is 18.4 Å². The zero-order valence-electron chi connectivity index (χ0n) is 15.8. The van der Waals surface area contributed by atoms with Crippen LogP contribution >= 0.6 is 11.8 Å². The Morgan fingerprint density at radius 1 is 1.24 bits per heavy atom. The molecule has 150 valence electrons. The summed E-state index contributed by atoms with van der Waals surface area (Å²) in [6, 6.07) is 12.9. The number of aliphatic imine (C=N–C) groups is 1. The van der Waals surface area contributed by atoms with Gasteiger partial charge in [-0.2, -0.15) is 0 Å². The van der Waals surface area contributed by atoms with Gasteiger partial charge in [0.25, 0.3) is 0 Å². The van der Waals surface area contributed by atoms with Crippen LogP contribution in [0.25, 0.3) is 0 Å². The second kappa shape index (κ2) is 8.78. The summed E-state index contributed by atoms with van der Waals surface area (Å²) < 4.78 is 5.19. The van der Waals surface area contributed by atoms with Gasteiger partial charge in [0.15, 0.2) is 5.17 Å². The molecular weight excluding hydrogens is 394 g/mol. The molecule has 3 rings (SSSR count). The van der Waals surface area contributed by atoms with E-state index in [0.717, 1.165) is 10.6 Å². The van der Waals surface area contributed by atoms with Crippen LogP contribution < -0.4 is 15.0 Å². The molecule has 9 heteroatoms. The number of amides is 2. The number of carbonyl (C=O) groups excluding carboxylic acids is 2. The maximum atomic E-state index is 12.8. The molecule has 0 aromatic heterocycles. The van der Waals surface area contributed by atoms with Gasteiger partial charge in [-0.05, 0) is 36.4 Å². The summed E-state index contributed by atoms with van der Waals surface area (Å²) in [4.78, 5) is 41.5. The minimum Gasteiger partial charge on any atom is -0.497 e. The number of benzene rings is 2. The van der Waals surface area contributed by atoms with Gasteiger partial charge in [-0.3, -0.25) is 14.6 Å². The molecule has 2 aromatic rings. The number of anilines is 2. The zero-order chi connectivity index (χ0) is 21.0. The minimum atomic E-state index is -1.07. The Morgan fingerprint density at radius 3 is 2.59 bits per heavy atom. The predicted molar refractivity (Wildman–Crippen MR) is 112 cm³/mol. The highest BCUT2D eigenvalue weighted by atomic mass is 32.2. The molecule has 0 unspecified atom stereocenters. The van der Waals surface area contributed by atoms with E-state index >= 15 is 0 Å². The summed E-state index contributed by atoms with van der Waals surface area (Å²) in [5.74, 6) is -1.10. The number of amidine groups is 1. The normalized spacial score (nSPS) is 16.8. The quantitative estimate of drug-likeness (QED) is 0.441. The van der Waals surface area contributed by atoms with Crippen molar-refractivity contribution < 1.29 is 24.2 Å². The van der Waals surface area contributed by atoms with E-state index in [-0.39, 0.29) is 23.8 Å². The van der Waals surface area contributed by atoms with Crippen molar-refractivity contribution >= 4 is 46.1 Å². The first kappa shape index (κ1) is 20.4. The fourth-order valence-corrected chi connectivity index (χ4v) is 3.80. The van der Waals surface area contributed by atoms with Crippen LogP contribution in [0.15, 0.2) is 53.5 Å². The van der Waals surface area contributed by atoms with Crippen LogP contribution in [0.1, 0.15) is 16.8 Å². The first-order chi connectivity index (χ1) is 13.9. The van der Waals surface area contributed by atoms with Gasteiger partial charge in [-0.25, -0.2) is 9.69 Å². The van der Waals surface area contributed by atoms with Crippen LogP contribution in [0.5, 0.6) is 5.75 Å². The molecule has 2 amide bonds. The van der Waals surface area contributed by atoms with E-state index in [9.17, 15) is 14.4 Å². The van der Waals surface area contributed by atoms with Gasteiger partial charge in [0.1, 0.15) is 11.0 Å². The maximum absolute atomic E-state index is 12.8. The van der Waals surface area contributed by atoms with Gasteiger partial charge in [-0.1, -0.05) is 17.8 Å². The van der Waals surface area contributed by atoms with E-state index in [4.69, 9.17) is 9.84 Å². The Bertz CT molecular complexity index is 974. The van der Waals surface area contributed by atoms with Gasteiger partial charge in [0.2, 0.25) is 11.8 Å². The van der Waals surface area contributed by atoms with Crippen molar-refractivity contribution in [2.45, 2.75) is 11.7 Å². The van der Waals surface area contributed by atoms with Crippen molar-refractivity contribution in [1.82, 2.24) is 0 Å². The summed E-state index contributed by atoms with van der Waals surface area (Å²) in [6.07, 6.45) is 0.0307. The predicted octanol–water partition coefficient (Wildman–Crippen LogP) is 2.86. The Labute approximate surface area is 171 Å². The van der Waals surface area contributed by atoms with Crippen molar-refractivity contribution in [2.75, 3.05) is 24.4 Å². The van der Waals surface area contributed by atoms with Crippen LogP contribution in [0.4, 0.5) is 11.4 Å². The highest BCUT2D eigenvalue weighted by Crippen LogP contribution is 2.31. The highest BCUT2D eigenvalue weighted by molar-refractivity contribution is 8.15. The molecule has 29 heavy (non-hydrogen) atoms. The second-order valence-electron chi connectivity index (χ2n) is 6.12. The summed E-state index contributed by atoms with van der Waals surface area (Å²) >= 11 is 1.17. The first-order valence-corrected chi connectivity index (χ1v) is 9.55. The van der Waals surface area contributed by atoms with Crippen molar-refractivity contribution in [2.24, 2.45) is 4.99 Å². The van der Waals surface area contributed by atoms with Gasteiger partial charge in [-0.15, -0.1) is 0 Å². The highest BCUT2D eigenvalue weighted by Gasteiger charge is 2.40. The Balaban J connectivity index is 1.72. The van der Waals surface area contributed by atoms with Crippen LogP contribution in [-0.2, 0) is 9.59 Å². The number of rotatable bonds is 5. The fraction of sp³-hybridized carbons (Fsp3) is 0.200. The molecule has 0 spiro atoms. The number of carbonyl (C=O) groups is 3. The Morgan fingerprint density at radius 2 is 1.97 bits per heavy atom. The third-order valence-electron chi connectivity index (χ3n) is 4.26. The molecule has 8 nitrogen and oxygen atoms in total. The number of methoxy groups -OCH3 is 1. The number of carboxylic acids is 1. The van der Waals surface area contributed by atoms with E-state index in [1.54, 1.807) is 20.2 Å². The molecule has 2 N–H and O–H groups in total. The SMILES string of the molecule is CN=C(Nc1cccc(OC)c1)S[C@@H]1CC(=O)N(c2ccc(C(=O)O)cc2)C1=O. The molecule has 2 aromatic carbocycles. The van der Waals surface area contributed by atoms with E-state index < -0.39 is 11.2 Å². The summed E-state index contributed by atoms with van der Waals surface area (Å²) in [7, 11) is 3.17. The lowest BCUT2D eigenvalue weighted by molar-refractivity contribution is -0.121. The molecule has 0 saturated carbocycles. The van der Waals surface area contributed by atoms with E-state index in [2.05, 4.69) is 10.3 Å². The van der Waals surface area contributed by atoms with E-state index in [0.29, 0.717) is 16.6 Å². The monoisotopic (exact) mass is 413 g/mol. The Hall–Kier alpha value is -3.33. The smallest absolute Gasteiger partial charge is 0.335 e. The van der Waals surface area contributed by atoms with Crippen molar-refractivity contribution in [1.29, 1.82) is 0 Å². The number of hydrogen-bond donors (Lipinski definition) is 2. The van der Waals surface area contributed by atoms with E-state index in [1.807, 2.05) is 18.2 Å². The molecule has 1 aliphatic rings. The number of carboxylic acid groups (broad SMARTS) is 1. The maximum Gasteiger partial charge on any atom is 0.335 e. The van der Waals surface area contributed by atoms with Crippen LogP contribution in [0.2, 0.25) is 0 Å². The van der Waals surface area contributed by atoms with E-state index in [1.165, 1.54) is 36.0 Å². The topological polar surface area (TPSA) is 108 Å². The standard InChI is InChI=1S/C20H19N3O5S/c1-21-20(22-13-4-3-5-15(10-13)28-2)29-16-11-17(24)23(18(16)25)14-8-6-12(7-9-14)19(26)27/h3-10,16H,11H2,1-2H3,(H,21,22)(H,26,27)/t16-/m1/s1. The van der Waals surface area contributed by atoms with Crippen LogP contribution in [-0.4, -0.2) is 47.5 Å². The summed E-state index contributed by atoms with van der Waals surface area (Å²) in [6.45, 7) is 0. The lowest BCUT2D eigenvalue weighted by Crippen LogP contribution is -2.31. The number of nitrogens with one attached hydrogen (secondary N) is 1. The molecular formula is C20H19N3O5S. The minimum absolute atomic E-state index is 0.0307. The summed E-state index contributed by atoms with van der Waals surface area (Å²) in [5.41, 5.74) is 1.18. The van der Waals surface area contributed by atoms with Crippen LogP contribution in [0, 0.1) is 0 Å². The van der Waals surface area contributed by atoms with Gasteiger partial charge < -0.3 is 15.2 Å². The molecule has 0 radical (unpaired) electrons. The Kier molecular flexibility index (Phi) is 6.18. The number of nitrogens with zero attached hydrogens (tertiary/aromatic N) is 2. The van der Waals surface area contributed by atoms with Crippen molar-refractivity contribution in [3.63, 3.8) is 0 Å². The third kappa shape index (κ3) is 4.57. The lowest BCUT2D eigenvalue weighted by atomic mass is 10.2. The molecule has 1 atom stereocenters. The van der Waals surface area contributed by atoms with Crippen molar-refractivity contribution in [3.8, 4) is 5.75 Å². The summed E-state index contributed by atoms with van der Waals surface area (Å²) in [5, 5.41) is 12.0. The largest absolute Gasteiger partial charge is 0.497 e. The van der Waals surface area contributed by atoms with Gasteiger partial charge >= 0.3 is 5.97 Å². The average molecular weight is 413 g/mol. The van der Waals surface area contributed by atoms with Crippen molar-refractivity contribution in [3.05, 3.63) is 54.1 Å². The first-order valence-electron chi connectivity index (χ1n) is 8.67. The zero-order valence-corrected chi connectivity index (χ0v) is 16.6. The number of aromatic carboxylic acids is 1. The third-order valence-corrected chi connectivity index (χ3v) is 5.42.